The molecular weight excluding hydrogens is 232 g/mol. The Balaban J connectivity index is 0. The molecule has 0 heterocycles. The Labute approximate surface area is 99.3 Å². The monoisotopic (exact) mass is 252 g/mol. The van der Waals surface area contributed by atoms with E-state index in [1.807, 2.05) is 0 Å². The van der Waals surface area contributed by atoms with Crippen molar-refractivity contribution >= 4 is 11.9 Å². The SMILES string of the molecule is CC(C)(O)C(O)C(=O)O.CC(C)(O)CC(=O)O. The average molecular weight is 252 g/mol. The van der Waals surface area contributed by atoms with Crippen molar-refractivity contribution in [1.82, 2.24) is 0 Å². The first kappa shape index (κ1) is 18.2. The van der Waals surface area contributed by atoms with Crippen LogP contribution in [0.5, 0.6) is 0 Å². The Morgan fingerprint density at radius 2 is 1.41 bits per heavy atom. The van der Waals surface area contributed by atoms with Gasteiger partial charge in [-0.15, -0.1) is 0 Å². The first-order chi connectivity index (χ1) is 7.27. The fraction of sp³-hybridized carbons (Fsp3) is 0.800. The second kappa shape index (κ2) is 6.53. The molecule has 0 saturated heterocycles. The average Bonchev–Trinajstić information content (AvgIpc) is 1.96. The molecule has 0 bridgehead atoms. The zero-order valence-corrected chi connectivity index (χ0v) is 10.3. The van der Waals surface area contributed by atoms with Gasteiger partial charge in [0.2, 0.25) is 0 Å². The lowest BCUT2D eigenvalue weighted by molar-refractivity contribution is -0.159. The fourth-order valence-electron chi connectivity index (χ4n) is 0.672. The van der Waals surface area contributed by atoms with Crippen LogP contribution in [0.4, 0.5) is 0 Å². The highest BCUT2D eigenvalue weighted by Crippen LogP contribution is 2.07. The topological polar surface area (TPSA) is 135 Å². The van der Waals surface area contributed by atoms with Gasteiger partial charge in [0.25, 0.3) is 0 Å². The van der Waals surface area contributed by atoms with Gasteiger partial charge in [-0.2, -0.15) is 0 Å². The van der Waals surface area contributed by atoms with Gasteiger partial charge in [0.1, 0.15) is 0 Å². The number of aliphatic carboxylic acids is 2. The maximum Gasteiger partial charge on any atom is 0.335 e. The summed E-state index contributed by atoms with van der Waals surface area (Å²) in [5.41, 5.74) is -2.64. The van der Waals surface area contributed by atoms with Crippen molar-refractivity contribution in [3.05, 3.63) is 0 Å². The smallest absolute Gasteiger partial charge is 0.335 e. The summed E-state index contributed by atoms with van der Waals surface area (Å²) < 4.78 is 0. The summed E-state index contributed by atoms with van der Waals surface area (Å²) in [7, 11) is 0. The maximum atomic E-state index is 9.94. The van der Waals surface area contributed by atoms with Crippen molar-refractivity contribution in [1.29, 1.82) is 0 Å². The molecule has 102 valence electrons. The van der Waals surface area contributed by atoms with Crippen LogP contribution in [-0.2, 0) is 9.59 Å². The summed E-state index contributed by atoms with van der Waals surface area (Å²) in [6.45, 7) is 5.37. The molecule has 0 spiro atoms. The third-order valence-corrected chi connectivity index (χ3v) is 1.49. The Hall–Kier alpha value is -1.18. The van der Waals surface area contributed by atoms with Gasteiger partial charge in [-0.3, -0.25) is 4.79 Å². The lowest BCUT2D eigenvalue weighted by Gasteiger charge is -2.19. The Bertz CT molecular complexity index is 259. The first-order valence-corrected chi connectivity index (χ1v) is 4.85. The van der Waals surface area contributed by atoms with E-state index in [2.05, 4.69) is 0 Å². The largest absolute Gasteiger partial charge is 0.481 e. The van der Waals surface area contributed by atoms with Crippen LogP contribution < -0.4 is 0 Å². The molecular formula is C10H20O7. The minimum atomic E-state index is -1.71. The second-order valence-corrected chi connectivity index (χ2v) is 4.78. The van der Waals surface area contributed by atoms with E-state index in [9.17, 15) is 9.59 Å². The summed E-state index contributed by atoms with van der Waals surface area (Å²) in [5.74, 6) is -2.39. The summed E-state index contributed by atoms with van der Waals surface area (Å²) in [6.07, 6.45) is -1.91. The molecule has 0 saturated carbocycles. The van der Waals surface area contributed by atoms with Crippen LogP contribution in [0.2, 0.25) is 0 Å². The predicted molar refractivity (Wildman–Crippen MR) is 58.5 cm³/mol. The molecule has 0 aromatic rings. The highest BCUT2D eigenvalue weighted by atomic mass is 16.4. The van der Waals surface area contributed by atoms with Crippen molar-refractivity contribution in [2.75, 3.05) is 0 Å². The van der Waals surface area contributed by atoms with Crippen molar-refractivity contribution in [2.45, 2.75) is 51.4 Å². The van der Waals surface area contributed by atoms with Crippen molar-refractivity contribution in [3.8, 4) is 0 Å². The van der Waals surface area contributed by atoms with Gasteiger partial charge < -0.3 is 25.5 Å². The Kier molecular flexibility index (Phi) is 6.99. The molecule has 0 aliphatic rings. The Morgan fingerprint density at radius 3 is 1.41 bits per heavy atom. The van der Waals surface area contributed by atoms with E-state index in [4.69, 9.17) is 25.5 Å². The molecule has 7 nitrogen and oxygen atoms in total. The zero-order chi connectivity index (χ0) is 14.4. The summed E-state index contributed by atoms with van der Waals surface area (Å²) in [6, 6.07) is 0. The minimum Gasteiger partial charge on any atom is -0.481 e. The number of carboxylic acids is 2. The van der Waals surface area contributed by atoms with E-state index in [1.54, 1.807) is 0 Å². The zero-order valence-electron chi connectivity index (χ0n) is 10.3. The van der Waals surface area contributed by atoms with E-state index in [0.29, 0.717) is 0 Å². The number of aliphatic hydroxyl groups is 3. The van der Waals surface area contributed by atoms with Crippen LogP contribution >= 0.6 is 0 Å². The van der Waals surface area contributed by atoms with Crippen LogP contribution in [-0.4, -0.2) is 54.8 Å². The van der Waals surface area contributed by atoms with Gasteiger partial charge in [0, 0.05) is 0 Å². The van der Waals surface area contributed by atoms with Gasteiger partial charge in [0.05, 0.1) is 17.6 Å². The molecule has 1 unspecified atom stereocenters. The molecule has 0 aliphatic carbocycles. The van der Waals surface area contributed by atoms with E-state index < -0.39 is 29.2 Å². The predicted octanol–water partition coefficient (Wildman–Crippen LogP) is -0.565. The summed E-state index contributed by atoms with van der Waals surface area (Å²) in [4.78, 5) is 19.8. The third kappa shape index (κ3) is 12.8. The maximum absolute atomic E-state index is 9.94. The number of rotatable bonds is 4. The van der Waals surface area contributed by atoms with Crippen LogP contribution in [0, 0.1) is 0 Å². The molecule has 0 rings (SSSR count). The van der Waals surface area contributed by atoms with Gasteiger partial charge in [0.15, 0.2) is 6.10 Å². The van der Waals surface area contributed by atoms with Gasteiger partial charge in [-0.1, -0.05) is 0 Å². The number of carboxylic acid groups (broad SMARTS) is 2. The van der Waals surface area contributed by atoms with Gasteiger partial charge in [-0.05, 0) is 27.7 Å². The van der Waals surface area contributed by atoms with Crippen molar-refractivity contribution in [3.63, 3.8) is 0 Å². The van der Waals surface area contributed by atoms with Crippen LogP contribution in [0.1, 0.15) is 34.1 Å². The number of carbonyl (C=O) groups is 2. The summed E-state index contributed by atoms with van der Waals surface area (Å²) >= 11 is 0. The number of hydrogen-bond donors (Lipinski definition) is 5. The number of aliphatic hydroxyl groups excluding tert-OH is 1. The van der Waals surface area contributed by atoms with Crippen LogP contribution in [0.15, 0.2) is 0 Å². The fourth-order valence-corrected chi connectivity index (χ4v) is 0.672. The highest BCUT2D eigenvalue weighted by molar-refractivity contribution is 5.73. The van der Waals surface area contributed by atoms with E-state index in [-0.39, 0.29) is 6.42 Å². The molecule has 0 aromatic heterocycles. The van der Waals surface area contributed by atoms with E-state index >= 15 is 0 Å². The molecule has 0 aliphatic heterocycles. The molecule has 5 N–H and O–H groups in total. The van der Waals surface area contributed by atoms with Gasteiger partial charge in [-0.25, -0.2) is 4.79 Å². The quantitative estimate of drug-likeness (QED) is 0.452. The van der Waals surface area contributed by atoms with Crippen molar-refractivity contribution in [2.24, 2.45) is 0 Å². The van der Waals surface area contributed by atoms with E-state index in [0.717, 1.165) is 0 Å². The van der Waals surface area contributed by atoms with Crippen molar-refractivity contribution < 1.29 is 35.1 Å². The minimum absolute atomic E-state index is 0.201. The standard InChI is InChI=1S/C5H10O4.C5H10O3/c1-5(2,9)3(6)4(7)8;1-5(2,8)3-4(6)7/h3,6,9H,1-2H3,(H,7,8);8H,3H2,1-2H3,(H,6,7). The van der Waals surface area contributed by atoms with Gasteiger partial charge >= 0.3 is 11.9 Å². The Morgan fingerprint density at radius 1 is 1.06 bits per heavy atom. The third-order valence-electron chi connectivity index (χ3n) is 1.49. The molecule has 0 fully saturated rings. The first-order valence-electron chi connectivity index (χ1n) is 4.85. The van der Waals surface area contributed by atoms with Crippen LogP contribution in [0.3, 0.4) is 0 Å². The molecule has 17 heavy (non-hydrogen) atoms. The molecule has 0 aromatic carbocycles. The lowest BCUT2D eigenvalue weighted by atomic mass is 10.0. The summed E-state index contributed by atoms with van der Waals surface area (Å²) in [5, 5.41) is 42.4. The van der Waals surface area contributed by atoms with E-state index in [1.165, 1.54) is 27.7 Å². The highest BCUT2D eigenvalue weighted by Gasteiger charge is 2.30. The number of hydrogen-bond acceptors (Lipinski definition) is 5. The van der Waals surface area contributed by atoms with Crippen LogP contribution in [0.25, 0.3) is 0 Å². The molecule has 7 heteroatoms. The molecule has 1 atom stereocenters. The lowest BCUT2D eigenvalue weighted by Crippen LogP contribution is -2.41. The molecule has 0 amide bonds. The molecule has 0 radical (unpaired) electrons. The second-order valence-electron chi connectivity index (χ2n) is 4.78. The normalized spacial score (nSPS) is 13.4.